The van der Waals surface area contributed by atoms with Crippen molar-refractivity contribution in [2.45, 2.75) is 6.92 Å². The van der Waals surface area contributed by atoms with Crippen molar-refractivity contribution < 1.29 is 9.53 Å². The van der Waals surface area contributed by atoms with E-state index >= 15 is 0 Å². The van der Waals surface area contributed by atoms with Gasteiger partial charge in [-0.1, -0.05) is 23.7 Å². The van der Waals surface area contributed by atoms with Gasteiger partial charge in [-0.05, 0) is 42.8 Å². The van der Waals surface area contributed by atoms with Gasteiger partial charge in [-0.3, -0.25) is 4.79 Å². The fraction of sp³-hybridized carbons (Fsp3) is 0.0714. The van der Waals surface area contributed by atoms with E-state index < -0.39 is 0 Å². The number of carbonyl (C=O) groups excluding carboxylic acids is 1. The van der Waals surface area contributed by atoms with Crippen molar-refractivity contribution in [3.63, 3.8) is 0 Å². The molecule has 0 fully saturated rings. The van der Waals surface area contributed by atoms with Crippen LogP contribution in [0.4, 0.5) is 0 Å². The summed E-state index contributed by atoms with van der Waals surface area (Å²) < 4.78 is 5.64. The van der Waals surface area contributed by atoms with Crippen molar-refractivity contribution in [3.8, 4) is 11.5 Å². The summed E-state index contributed by atoms with van der Waals surface area (Å²) in [4.78, 5) is 10.6. The van der Waals surface area contributed by atoms with Gasteiger partial charge >= 0.3 is 0 Å². The van der Waals surface area contributed by atoms with Crippen LogP contribution in [0.25, 0.3) is 0 Å². The van der Waals surface area contributed by atoms with Crippen molar-refractivity contribution in [3.05, 3.63) is 58.6 Å². The molecule has 0 saturated carbocycles. The Morgan fingerprint density at radius 3 is 2.65 bits per heavy atom. The Morgan fingerprint density at radius 2 is 1.94 bits per heavy atom. The molecule has 0 spiro atoms. The normalized spacial score (nSPS) is 10.0. The Morgan fingerprint density at radius 1 is 1.12 bits per heavy atom. The molecule has 0 atom stereocenters. The monoisotopic (exact) mass is 246 g/mol. The maximum atomic E-state index is 10.6. The minimum Gasteiger partial charge on any atom is -0.457 e. The van der Waals surface area contributed by atoms with Crippen LogP contribution in [0.2, 0.25) is 5.02 Å². The fourth-order valence-electron chi connectivity index (χ4n) is 1.55. The molecule has 0 aliphatic rings. The second-order valence-corrected chi connectivity index (χ2v) is 4.19. The Labute approximate surface area is 105 Å². The van der Waals surface area contributed by atoms with Gasteiger partial charge in [0.1, 0.15) is 17.8 Å². The number of aldehydes is 1. The predicted molar refractivity (Wildman–Crippen MR) is 68.1 cm³/mol. The van der Waals surface area contributed by atoms with Crippen molar-refractivity contribution in [2.75, 3.05) is 0 Å². The topological polar surface area (TPSA) is 26.3 Å². The zero-order valence-electron chi connectivity index (χ0n) is 9.31. The zero-order valence-corrected chi connectivity index (χ0v) is 10.1. The van der Waals surface area contributed by atoms with E-state index in [2.05, 4.69) is 0 Å². The summed E-state index contributed by atoms with van der Waals surface area (Å²) in [5, 5.41) is 0.631. The molecule has 3 heteroatoms. The van der Waals surface area contributed by atoms with E-state index in [1.807, 2.05) is 19.1 Å². The summed E-state index contributed by atoms with van der Waals surface area (Å²) in [6, 6.07) is 12.5. The maximum Gasteiger partial charge on any atom is 0.150 e. The number of benzene rings is 2. The number of rotatable bonds is 3. The largest absolute Gasteiger partial charge is 0.457 e. The molecular weight excluding hydrogens is 236 g/mol. The highest BCUT2D eigenvalue weighted by Crippen LogP contribution is 2.26. The first-order chi connectivity index (χ1) is 8.17. The molecule has 2 aromatic carbocycles. The smallest absolute Gasteiger partial charge is 0.150 e. The van der Waals surface area contributed by atoms with E-state index in [9.17, 15) is 4.79 Å². The number of hydrogen-bond donors (Lipinski definition) is 0. The predicted octanol–water partition coefficient (Wildman–Crippen LogP) is 4.25. The third-order valence-corrected chi connectivity index (χ3v) is 2.46. The van der Waals surface area contributed by atoms with Gasteiger partial charge in [0, 0.05) is 10.6 Å². The van der Waals surface area contributed by atoms with Gasteiger partial charge in [0.05, 0.1) is 0 Å². The molecule has 2 aromatic rings. The highest BCUT2D eigenvalue weighted by molar-refractivity contribution is 6.30. The quantitative estimate of drug-likeness (QED) is 0.757. The number of carbonyl (C=O) groups is 1. The first-order valence-corrected chi connectivity index (χ1v) is 5.55. The minimum atomic E-state index is 0.584. The molecule has 0 aliphatic heterocycles. The number of halogens is 1. The minimum absolute atomic E-state index is 0.584. The molecule has 0 aromatic heterocycles. The van der Waals surface area contributed by atoms with Gasteiger partial charge in [-0.25, -0.2) is 0 Å². The van der Waals surface area contributed by atoms with Gasteiger partial charge in [-0.2, -0.15) is 0 Å². The average molecular weight is 247 g/mol. The molecule has 0 heterocycles. The first kappa shape index (κ1) is 11.7. The molecule has 2 rings (SSSR count). The SMILES string of the molecule is Cc1cc(Cl)cc(Oc2cccc(C=O)c2)c1. The Kier molecular flexibility index (Phi) is 3.45. The summed E-state index contributed by atoms with van der Waals surface area (Å²) in [5.41, 5.74) is 1.61. The number of hydrogen-bond acceptors (Lipinski definition) is 2. The van der Waals surface area contributed by atoms with Crippen molar-refractivity contribution >= 4 is 17.9 Å². The second-order valence-electron chi connectivity index (χ2n) is 3.76. The highest BCUT2D eigenvalue weighted by atomic mass is 35.5. The van der Waals surface area contributed by atoms with Crippen LogP contribution in [0, 0.1) is 6.92 Å². The average Bonchev–Trinajstić information content (AvgIpc) is 2.28. The van der Waals surface area contributed by atoms with E-state index in [4.69, 9.17) is 16.3 Å². The van der Waals surface area contributed by atoms with E-state index in [1.165, 1.54) is 0 Å². The third-order valence-electron chi connectivity index (χ3n) is 2.25. The third kappa shape index (κ3) is 3.08. The van der Waals surface area contributed by atoms with Crippen LogP contribution in [0.5, 0.6) is 11.5 Å². The van der Waals surface area contributed by atoms with Gasteiger partial charge in [-0.15, -0.1) is 0 Å². The summed E-state index contributed by atoms with van der Waals surface area (Å²) >= 11 is 5.94. The summed E-state index contributed by atoms with van der Waals surface area (Å²) in [6.45, 7) is 1.95. The van der Waals surface area contributed by atoms with Crippen LogP contribution >= 0.6 is 11.6 Å². The lowest BCUT2D eigenvalue weighted by Gasteiger charge is -2.07. The van der Waals surface area contributed by atoms with Crippen LogP contribution in [0.15, 0.2) is 42.5 Å². The molecule has 2 nitrogen and oxygen atoms in total. The van der Waals surface area contributed by atoms with Gasteiger partial charge in [0.2, 0.25) is 0 Å². The van der Waals surface area contributed by atoms with E-state index in [-0.39, 0.29) is 0 Å². The lowest BCUT2D eigenvalue weighted by molar-refractivity contribution is 0.112. The van der Waals surface area contributed by atoms with E-state index in [0.717, 1.165) is 11.8 Å². The van der Waals surface area contributed by atoms with Crippen LogP contribution in [0.1, 0.15) is 15.9 Å². The van der Waals surface area contributed by atoms with Crippen LogP contribution in [0.3, 0.4) is 0 Å². The fourth-order valence-corrected chi connectivity index (χ4v) is 1.83. The lowest BCUT2D eigenvalue weighted by Crippen LogP contribution is -1.87. The molecule has 0 bridgehead atoms. The second kappa shape index (κ2) is 5.02. The Hall–Kier alpha value is -1.80. The molecule has 0 amide bonds. The van der Waals surface area contributed by atoms with E-state index in [1.54, 1.807) is 30.3 Å². The summed E-state index contributed by atoms with van der Waals surface area (Å²) in [7, 11) is 0. The standard InChI is InChI=1S/C14H11ClO2/c1-10-5-12(15)8-14(6-10)17-13-4-2-3-11(7-13)9-16/h2-9H,1H3. The molecule has 86 valence electrons. The molecule has 17 heavy (non-hydrogen) atoms. The molecule has 0 radical (unpaired) electrons. The number of aryl methyl sites for hydroxylation is 1. The van der Waals surface area contributed by atoms with Gasteiger partial charge < -0.3 is 4.74 Å². The van der Waals surface area contributed by atoms with Gasteiger partial charge in [0.25, 0.3) is 0 Å². The molecule has 0 aliphatic carbocycles. The van der Waals surface area contributed by atoms with Crippen molar-refractivity contribution in [2.24, 2.45) is 0 Å². The van der Waals surface area contributed by atoms with Crippen LogP contribution in [-0.2, 0) is 0 Å². The lowest BCUT2D eigenvalue weighted by atomic mass is 10.2. The summed E-state index contributed by atoms with van der Waals surface area (Å²) in [5.74, 6) is 1.29. The first-order valence-electron chi connectivity index (χ1n) is 5.18. The van der Waals surface area contributed by atoms with Crippen LogP contribution < -0.4 is 4.74 Å². The highest BCUT2D eigenvalue weighted by Gasteiger charge is 2.01. The van der Waals surface area contributed by atoms with Crippen molar-refractivity contribution in [1.29, 1.82) is 0 Å². The molecule has 0 N–H and O–H groups in total. The maximum absolute atomic E-state index is 10.6. The van der Waals surface area contributed by atoms with E-state index in [0.29, 0.717) is 22.1 Å². The molecule has 0 unspecified atom stereocenters. The number of ether oxygens (including phenoxy) is 1. The summed E-state index contributed by atoms with van der Waals surface area (Å²) in [6.07, 6.45) is 0.788. The Bertz CT molecular complexity index is 529. The zero-order chi connectivity index (χ0) is 12.3. The molecular formula is C14H11ClO2. The van der Waals surface area contributed by atoms with Crippen molar-refractivity contribution in [1.82, 2.24) is 0 Å². The van der Waals surface area contributed by atoms with Gasteiger partial charge in [0.15, 0.2) is 0 Å². The molecule has 0 saturated heterocycles. The Balaban J connectivity index is 2.27. The van der Waals surface area contributed by atoms with Crippen LogP contribution in [-0.4, -0.2) is 6.29 Å².